The number of rotatable bonds is 12. The van der Waals surface area contributed by atoms with Crippen LogP contribution in [0.15, 0.2) is 70.6 Å². The first-order valence-corrected chi connectivity index (χ1v) is 17.5. The van der Waals surface area contributed by atoms with Crippen LogP contribution in [0.25, 0.3) is 5.57 Å². The summed E-state index contributed by atoms with van der Waals surface area (Å²) in [6.45, 7) is 6.67. The van der Waals surface area contributed by atoms with Gasteiger partial charge in [-0.2, -0.15) is 0 Å². The van der Waals surface area contributed by atoms with Crippen molar-refractivity contribution < 1.29 is 9.50 Å². The number of aliphatic imine (C=N–C) groups is 1. The lowest BCUT2D eigenvalue weighted by molar-refractivity contribution is 0.0500. The summed E-state index contributed by atoms with van der Waals surface area (Å²) in [5.41, 5.74) is 5.58. The standard InChI is InChI=1S/C35H46ClFN6OS/c1-4-6-25(30-22-27(36)9-10-31(30)37)21-32(35(38-2)45-18-17-44)40-28-11-12-39-33(23-28)41-34(24-7-5-8-24)26-19-29(20-26)43-15-13-42(3)14-16-43/h6,9-12,21-23,26,29,44H,4-5,7-8,13-20H2,1-3H3,(H2,39,40,41)/b25-6-,32-21+,38-35?. The molecule has 2 aromatic rings. The fraction of sp³-hybridized carbons (Fsp3) is 0.486. The Bertz CT molecular complexity index is 1440. The van der Waals surface area contributed by atoms with Gasteiger partial charge in [0.05, 0.1) is 12.3 Å². The van der Waals surface area contributed by atoms with Gasteiger partial charge in [0.25, 0.3) is 0 Å². The molecule has 0 radical (unpaired) electrons. The van der Waals surface area contributed by atoms with E-state index < -0.39 is 0 Å². The third-order valence-electron chi connectivity index (χ3n) is 8.94. The van der Waals surface area contributed by atoms with Gasteiger partial charge in [0.2, 0.25) is 0 Å². The summed E-state index contributed by atoms with van der Waals surface area (Å²) >= 11 is 7.71. The van der Waals surface area contributed by atoms with Crippen molar-refractivity contribution in [1.29, 1.82) is 0 Å². The number of thioether (sulfide) groups is 1. The summed E-state index contributed by atoms with van der Waals surface area (Å²) in [5, 5.41) is 18.0. The molecule has 2 saturated carbocycles. The van der Waals surface area contributed by atoms with Gasteiger partial charge < -0.3 is 20.6 Å². The third-order valence-corrected chi connectivity index (χ3v) is 10.2. The van der Waals surface area contributed by atoms with Crippen LogP contribution in [0.4, 0.5) is 15.9 Å². The van der Waals surface area contributed by atoms with Gasteiger partial charge >= 0.3 is 0 Å². The fourth-order valence-electron chi connectivity index (χ4n) is 6.18. The number of benzene rings is 1. The molecule has 1 aromatic carbocycles. The predicted molar refractivity (Wildman–Crippen MR) is 189 cm³/mol. The molecule has 3 aliphatic rings. The molecule has 1 aliphatic heterocycles. The van der Waals surface area contributed by atoms with Gasteiger partial charge in [-0.3, -0.25) is 9.89 Å². The van der Waals surface area contributed by atoms with E-state index in [9.17, 15) is 9.50 Å². The Balaban J connectivity index is 1.37. The Kier molecular flexibility index (Phi) is 12.1. The van der Waals surface area contributed by atoms with Crippen LogP contribution in [-0.4, -0.2) is 83.6 Å². The number of likely N-dealkylation sites (N-methyl/N-ethyl adjacent to an activating group) is 1. The average molecular weight is 653 g/mol. The van der Waals surface area contributed by atoms with Gasteiger partial charge in [0.1, 0.15) is 16.7 Å². The van der Waals surface area contributed by atoms with Gasteiger partial charge in [-0.25, -0.2) is 9.37 Å². The number of anilines is 2. The van der Waals surface area contributed by atoms with Crippen LogP contribution in [0.2, 0.25) is 5.02 Å². The van der Waals surface area contributed by atoms with E-state index in [1.165, 1.54) is 48.4 Å². The van der Waals surface area contributed by atoms with Crippen molar-refractivity contribution in [3.63, 3.8) is 0 Å². The van der Waals surface area contributed by atoms with Crippen molar-refractivity contribution in [2.45, 2.75) is 51.5 Å². The highest BCUT2D eigenvalue weighted by atomic mass is 35.5. The molecule has 1 saturated heterocycles. The van der Waals surface area contributed by atoms with Crippen LogP contribution < -0.4 is 10.6 Å². The van der Waals surface area contributed by atoms with E-state index in [0.29, 0.717) is 51.0 Å². The second-order valence-electron chi connectivity index (χ2n) is 12.1. The highest BCUT2D eigenvalue weighted by Crippen LogP contribution is 2.42. The lowest BCUT2D eigenvalue weighted by Crippen LogP contribution is -2.53. The van der Waals surface area contributed by atoms with Crippen LogP contribution in [0.1, 0.15) is 51.0 Å². The smallest absolute Gasteiger partial charge is 0.132 e. The lowest BCUT2D eigenvalue weighted by atomic mass is 9.73. The third kappa shape index (κ3) is 8.77. The minimum Gasteiger partial charge on any atom is -0.396 e. The summed E-state index contributed by atoms with van der Waals surface area (Å²) in [4.78, 5) is 14.3. The van der Waals surface area contributed by atoms with Crippen molar-refractivity contribution in [3.05, 3.63) is 82.1 Å². The van der Waals surface area contributed by atoms with Crippen molar-refractivity contribution >= 4 is 45.5 Å². The molecule has 2 heterocycles. The van der Waals surface area contributed by atoms with Crippen LogP contribution in [-0.2, 0) is 0 Å². The molecule has 5 rings (SSSR count). The molecular formula is C35H46ClFN6OS. The van der Waals surface area contributed by atoms with Crippen LogP contribution in [0, 0.1) is 11.7 Å². The molecule has 0 spiro atoms. The number of aromatic nitrogens is 1. The van der Waals surface area contributed by atoms with Gasteiger partial charge in [0, 0.05) is 85.2 Å². The van der Waals surface area contributed by atoms with Crippen LogP contribution in [0.3, 0.4) is 0 Å². The van der Waals surface area contributed by atoms with Crippen LogP contribution in [0.5, 0.6) is 0 Å². The minimum absolute atomic E-state index is 0.0230. The Morgan fingerprint density at radius 3 is 2.60 bits per heavy atom. The maximum Gasteiger partial charge on any atom is 0.132 e. The summed E-state index contributed by atoms with van der Waals surface area (Å²) in [6.07, 6.45) is 12.4. The number of hydrogen-bond donors (Lipinski definition) is 3. The summed E-state index contributed by atoms with van der Waals surface area (Å²) < 4.78 is 15.0. The largest absolute Gasteiger partial charge is 0.396 e. The van der Waals surface area contributed by atoms with Crippen molar-refractivity contribution in [1.82, 2.24) is 14.8 Å². The monoisotopic (exact) mass is 652 g/mol. The molecule has 242 valence electrons. The maximum atomic E-state index is 15.0. The van der Waals surface area contributed by atoms with E-state index >= 15 is 0 Å². The van der Waals surface area contributed by atoms with E-state index in [1.807, 2.05) is 37.4 Å². The number of halogens is 2. The van der Waals surface area contributed by atoms with E-state index in [4.69, 9.17) is 16.6 Å². The topological polar surface area (TPSA) is 76.0 Å². The number of pyridine rings is 1. The highest BCUT2D eigenvalue weighted by molar-refractivity contribution is 8.14. The van der Waals surface area contributed by atoms with E-state index in [0.717, 1.165) is 50.5 Å². The summed E-state index contributed by atoms with van der Waals surface area (Å²) in [7, 11) is 3.94. The summed E-state index contributed by atoms with van der Waals surface area (Å²) in [5.74, 6) is 1.49. The molecule has 3 fully saturated rings. The first kappa shape index (κ1) is 33.7. The average Bonchev–Trinajstić information content (AvgIpc) is 2.98. The zero-order chi connectivity index (χ0) is 31.8. The van der Waals surface area contributed by atoms with E-state index in [2.05, 4.69) is 32.5 Å². The van der Waals surface area contributed by atoms with Gasteiger partial charge in [-0.05, 0) is 81.5 Å². The van der Waals surface area contributed by atoms with Crippen molar-refractivity contribution in [3.8, 4) is 0 Å². The molecule has 0 unspecified atom stereocenters. The minimum atomic E-state index is -0.342. The molecule has 3 N–H and O–H groups in total. The molecule has 45 heavy (non-hydrogen) atoms. The second kappa shape index (κ2) is 16.2. The lowest BCUT2D eigenvalue weighted by Gasteiger charge is -2.47. The van der Waals surface area contributed by atoms with E-state index in [1.54, 1.807) is 19.2 Å². The van der Waals surface area contributed by atoms with Crippen molar-refractivity contribution in [2.75, 3.05) is 63.3 Å². The zero-order valence-electron chi connectivity index (χ0n) is 26.7. The number of nitrogens with one attached hydrogen (secondary N) is 2. The highest BCUT2D eigenvalue weighted by Gasteiger charge is 2.38. The first-order chi connectivity index (χ1) is 21.9. The van der Waals surface area contributed by atoms with Crippen molar-refractivity contribution in [2.24, 2.45) is 10.9 Å². The zero-order valence-corrected chi connectivity index (χ0v) is 28.2. The Hall–Kier alpha value is -2.69. The number of aliphatic hydroxyl groups is 1. The Labute approximate surface area is 276 Å². The first-order valence-electron chi connectivity index (χ1n) is 16.1. The molecule has 0 amide bonds. The molecule has 1 aromatic heterocycles. The SMILES string of the molecule is CC/C=C(/C=C(/Nc1ccnc(NC(=C2CCC2)C2CC(N3CCN(C)CC3)C2)c1)C(=NC)SCCO)c1cc(Cl)ccc1F. The molecular weight excluding hydrogens is 607 g/mol. The maximum absolute atomic E-state index is 15.0. The van der Waals surface area contributed by atoms with Gasteiger partial charge in [-0.15, -0.1) is 11.8 Å². The summed E-state index contributed by atoms with van der Waals surface area (Å²) in [6, 6.07) is 9.22. The number of allylic oxidation sites excluding steroid dienone is 5. The quantitative estimate of drug-likeness (QED) is 0.126. The fourth-order valence-corrected chi connectivity index (χ4v) is 7.03. The number of aliphatic hydroxyl groups excluding tert-OH is 1. The Morgan fingerprint density at radius 1 is 1.16 bits per heavy atom. The molecule has 10 heteroatoms. The van der Waals surface area contributed by atoms with E-state index in [-0.39, 0.29) is 12.4 Å². The number of nitrogens with zero attached hydrogens (tertiary/aromatic N) is 4. The normalized spacial score (nSPS) is 21.7. The molecule has 2 aliphatic carbocycles. The number of piperazine rings is 1. The predicted octanol–water partition coefficient (Wildman–Crippen LogP) is 7.29. The molecule has 0 atom stereocenters. The Morgan fingerprint density at radius 2 is 1.93 bits per heavy atom. The number of hydrogen-bond acceptors (Lipinski definition) is 8. The van der Waals surface area contributed by atoms with Gasteiger partial charge in [0.15, 0.2) is 0 Å². The van der Waals surface area contributed by atoms with Crippen LogP contribution >= 0.6 is 23.4 Å². The molecule has 0 bridgehead atoms. The molecule has 7 nitrogen and oxygen atoms in total. The second-order valence-corrected chi connectivity index (χ2v) is 13.6. The van der Waals surface area contributed by atoms with Gasteiger partial charge in [-0.1, -0.05) is 30.2 Å².